The van der Waals surface area contributed by atoms with Crippen molar-refractivity contribution < 1.29 is 24.2 Å². The van der Waals surface area contributed by atoms with Crippen LogP contribution in [0.25, 0.3) is 11.0 Å². The van der Waals surface area contributed by atoms with E-state index in [2.05, 4.69) is 5.32 Å². The molecule has 0 fully saturated rings. The van der Waals surface area contributed by atoms with E-state index in [-0.39, 0.29) is 28.3 Å². The van der Waals surface area contributed by atoms with E-state index in [9.17, 15) is 19.5 Å². The minimum absolute atomic E-state index is 0.0874. The summed E-state index contributed by atoms with van der Waals surface area (Å²) in [6.45, 7) is 2.94. The highest BCUT2D eigenvalue weighted by atomic mass is 35.5. The number of aliphatic carboxylic acids is 1. The van der Waals surface area contributed by atoms with Gasteiger partial charge in [0.2, 0.25) is 5.91 Å². The first kappa shape index (κ1) is 16.8. The first-order chi connectivity index (χ1) is 10.7. The number of phenols is 1. The molecule has 3 N–H and O–H groups in total. The van der Waals surface area contributed by atoms with Gasteiger partial charge in [-0.25, -0.2) is 4.79 Å². The van der Waals surface area contributed by atoms with Gasteiger partial charge in [-0.15, -0.1) is 0 Å². The van der Waals surface area contributed by atoms with Crippen LogP contribution >= 0.6 is 11.6 Å². The van der Waals surface area contributed by atoms with Gasteiger partial charge in [-0.05, 0) is 25.5 Å². The monoisotopic (exact) mass is 339 g/mol. The van der Waals surface area contributed by atoms with Gasteiger partial charge in [0, 0.05) is 11.5 Å². The largest absolute Gasteiger partial charge is 0.506 e. The molecule has 1 aromatic carbocycles. The third-order valence-electron chi connectivity index (χ3n) is 3.44. The Labute approximate surface area is 135 Å². The van der Waals surface area contributed by atoms with Gasteiger partial charge in [0.15, 0.2) is 0 Å². The fourth-order valence-corrected chi connectivity index (χ4v) is 2.28. The van der Waals surface area contributed by atoms with Crippen LogP contribution in [0.5, 0.6) is 5.75 Å². The number of aryl methyl sites for hydroxylation is 1. The Hall–Kier alpha value is -2.54. The van der Waals surface area contributed by atoms with Crippen molar-refractivity contribution in [3.05, 3.63) is 38.7 Å². The fourth-order valence-electron chi connectivity index (χ4n) is 2.12. The van der Waals surface area contributed by atoms with Gasteiger partial charge in [0.25, 0.3) is 0 Å². The number of carbonyl (C=O) groups is 2. The lowest BCUT2D eigenvalue weighted by Gasteiger charge is -2.11. The molecule has 7 nitrogen and oxygen atoms in total. The van der Waals surface area contributed by atoms with Crippen molar-refractivity contribution in [2.24, 2.45) is 0 Å². The molecule has 0 aliphatic carbocycles. The Bertz CT molecular complexity index is 857. The van der Waals surface area contributed by atoms with Crippen LogP contribution in [0.4, 0.5) is 0 Å². The Morgan fingerprint density at radius 1 is 1.39 bits per heavy atom. The Kier molecular flexibility index (Phi) is 4.60. The highest BCUT2D eigenvalue weighted by Gasteiger charge is 2.19. The fraction of sp³-hybridized carbons (Fsp3) is 0.267. The maximum atomic E-state index is 12.0. The molecule has 1 heterocycles. The number of amides is 1. The number of carbonyl (C=O) groups excluding carboxylic acids is 1. The van der Waals surface area contributed by atoms with Crippen molar-refractivity contribution in [3.8, 4) is 5.75 Å². The molecular weight excluding hydrogens is 326 g/mol. The molecule has 0 bridgehead atoms. The number of aromatic hydroxyl groups is 1. The van der Waals surface area contributed by atoms with Crippen LogP contribution in [0.3, 0.4) is 0 Å². The van der Waals surface area contributed by atoms with Crippen molar-refractivity contribution >= 4 is 34.4 Å². The summed E-state index contributed by atoms with van der Waals surface area (Å²) in [6.07, 6.45) is -0.319. The van der Waals surface area contributed by atoms with E-state index < -0.39 is 23.5 Å². The van der Waals surface area contributed by atoms with Crippen molar-refractivity contribution in [1.82, 2.24) is 5.32 Å². The van der Waals surface area contributed by atoms with Gasteiger partial charge in [0.05, 0.1) is 17.0 Å². The lowest BCUT2D eigenvalue weighted by Crippen LogP contribution is -2.39. The Balaban J connectivity index is 2.42. The number of phenolic OH excluding ortho intramolecular Hbond substituents is 1. The zero-order chi connectivity index (χ0) is 17.3. The summed E-state index contributed by atoms with van der Waals surface area (Å²) in [4.78, 5) is 34.6. The topological polar surface area (TPSA) is 117 Å². The molecule has 1 atom stereocenters. The molecule has 1 aromatic heterocycles. The van der Waals surface area contributed by atoms with Crippen LogP contribution in [0.2, 0.25) is 5.02 Å². The molecular formula is C15H14ClNO6. The smallest absolute Gasteiger partial charge is 0.340 e. The number of nitrogens with one attached hydrogen (secondary N) is 1. The quantitative estimate of drug-likeness (QED) is 0.728. The number of benzene rings is 1. The third-order valence-corrected chi connectivity index (χ3v) is 3.74. The maximum absolute atomic E-state index is 12.0. The molecule has 0 spiro atoms. The van der Waals surface area contributed by atoms with Gasteiger partial charge < -0.3 is 19.9 Å². The third kappa shape index (κ3) is 3.45. The minimum atomic E-state index is -1.18. The molecule has 0 aliphatic heterocycles. The number of carboxylic acid groups (broad SMARTS) is 1. The summed E-state index contributed by atoms with van der Waals surface area (Å²) in [5.74, 6) is -2.01. The normalized spacial score (nSPS) is 12.1. The summed E-state index contributed by atoms with van der Waals surface area (Å²) < 4.78 is 5.09. The zero-order valence-corrected chi connectivity index (χ0v) is 13.1. The van der Waals surface area contributed by atoms with E-state index >= 15 is 0 Å². The predicted molar refractivity (Wildman–Crippen MR) is 82.8 cm³/mol. The average Bonchev–Trinajstić information content (AvgIpc) is 2.46. The highest BCUT2D eigenvalue weighted by molar-refractivity contribution is 6.32. The molecule has 1 amide bonds. The molecule has 2 aromatic rings. The van der Waals surface area contributed by atoms with Crippen molar-refractivity contribution in [3.63, 3.8) is 0 Å². The molecule has 0 aliphatic rings. The molecule has 23 heavy (non-hydrogen) atoms. The average molecular weight is 340 g/mol. The number of fused-ring (bicyclic) bond motifs is 1. The number of halogens is 1. The van der Waals surface area contributed by atoms with E-state index in [1.807, 2.05) is 0 Å². The van der Waals surface area contributed by atoms with E-state index in [1.165, 1.54) is 19.1 Å². The van der Waals surface area contributed by atoms with E-state index in [0.29, 0.717) is 10.9 Å². The maximum Gasteiger partial charge on any atom is 0.340 e. The van der Waals surface area contributed by atoms with E-state index in [4.69, 9.17) is 21.1 Å². The number of hydrogen-bond donors (Lipinski definition) is 3. The highest BCUT2D eigenvalue weighted by Crippen LogP contribution is 2.30. The number of hydrogen-bond acceptors (Lipinski definition) is 5. The lowest BCUT2D eigenvalue weighted by atomic mass is 10.0. The Morgan fingerprint density at radius 3 is 2.65 bits per heavy atom. The van der Waals surface area contributed by atoms with E-state index in [0.717, 1.165) is 0 Å². The summed E-state index contributed by atoms with van der Waals surface area (Å²) in [6, 6.07) is 1.59. The van der Waals surface area contributed by atoms with Crippen LogP contribution in [-0.4, -0.2) is 28.1 Å². The second kappa shape index (κ2) is 6.29. The molecule has 122 valence electrons. The number of carboxylic acids is 1. The van der Waals surface area contributed by atoms with Gasteiger partial charge in [-0.2, -0.15) is 0 Å². The zero-order valence-electron chi connectivity index (χ0n) is 12.3. The second-order valence-corrected chi connectivity index (χ2v) is 5.50. The number of rotatable bonds is 4. The molecule has 8 heteroatoms. The lowest BCUT2D eigenvalue weighted by molar-refractivity contribution is -0.141. The van der Waals surface area contributed by atoms with Crippen LogP contribution in [0.15, 0.2) is 21.3 Å². The summed E-state index contributed by atoms with van der Waals surface area (Å²) in [5, 5.41) is 21.2. The summed E-state index contributed by atoms with van der Waals surface area (Å²) in [7, 11) is 0. The molecule has 0 saturated heterocycles. The van der Waals surface area contributed by atoms with Crippen LogP contribution in [0.1, 0.15) is 18.1 Å². The molecule has 0 unspecified atom stereocenters. The molecule has 0 saturated carbocycles. The van der Waals surface area contributed by atoms with Gasteiger partial charge in [-0.1, -0.05) is 11.6 Å². The van der Waals surface area contributed by atoms with Gasteiger partial charge >= 0.3 is 11.6 Å². The van der Waals surface area contributed by atoms with Crippen molar-refractivity contribution in [2.75, 3.05) is 0 Å². The standard InChI is InChI=1S/C15H14ClNO6/c1-6-8-3-10(16)11(18)5-12(8)23-15(22)9(6)4-13(19)17-7(2)14(20)21/h3,5,7,18H,4H2,1-2H3,(H,17,19)(H,20,21)/t7-/m0/s1. The summed E-state index contributed by atoms with van der Waals surface area (Å²) >= 11 is 5.85. The predicted octanol–water partition coefficient (Wildman–Crippen LogP) is 1.59. The second-order valence-electron chi connectivity index (χ2n) is 5.10. The van der Waals surface area contributed by atoms with Crippen molar-refractivity contribution in [1.29, 1.82) is 0 Å². The first-order valence-corrected chi connectivity index (χ1v) is 7.05. The Morgan fingerprint density at radius 2 is 2.04 bits per heavy atom. The van der Waals surface area contributed by atoms with Crippen LogP contribution in [0, 0.1) is 6.92 Å². The molecule has 2 rings (SSSR count). The van der Waals surface area contributed by atoms with Gasteiger partial charge in [-0.3, -0.25) is 9.59 Å². The van der Waals surface area contributed by atoms with E-state index in [1.54, 1.807) is 6.92 Å². The first-order valence-electron chi connectivity index (χ1n) is 6.67. The van der Waals surface area contributed by atoms with Crippen LogP contribution < -0.4 is 10.9 Å². The molecule has 0 radical (unpaired) electrons. The van der Waals surface area contributed by atoms with Crippen LogP contribution in [-0.2, 0) is 16.0 Å². The minimum Gasteiger partial charge on any atom is -0.506 e. The SMILES string of the molecule is Cc1c(CC(=O)N[C@@H](C)C(=O)O)c(=O)oc2cc(O)c(Cl)cc12. The van der Waals surface area contributed by atoms with Gasteiger partial charge in [0.1, 0.15) is 17.4 Å². The van der Waals surface area contributed by atoms with Crippen molar-refractivity contribution in [2.45, 2.75) is 26.3 Å². The summed E-state index contributed by atoms with van der Waals surface area (Å²) in [5.41, 5.74) is 0.0120.